The largest absolute Gasteiger partial charge is 0.378 e. The van der Waals surface area contributed by atoms with E-state index < -0.39 is 0 Å². The van der Waals surface area contributed by atoms with Crippen LogP contribution in [0.15, 0.2) is 54.6 Å². The van der Waals surface area contributed by atoms with Gasteiger partial charge in [0.1, 0.15) is 11.0 Å². The van der Waals surface area contributed by atoms with Gasteiger partial charge in [-0.1, -0.05) is 42.5 Å². The Hall–Kier alpha value is -2.32. The molecule has 1 amide bonds. The lowest BCUT2D eigenvalue weighted by atomic mass is 10.0. The molecule has 7 heteroatoms. The summed E-state index contributed by atoms with van der Waals surface area (Å²) in [7, 11) is 0. The molecule has 2 aromatic carbocycles. The molecule has 2 aliphatic heterocycles. The van der Waals surface area contributed by atoms with Crippen LogP contribution in [0.25, 0.3) is 10.2 Å². The van der Waals surface area contributed by atoms with Gasteiger partial charge in [-0.15, -0.1) is 11.3 Å². The molecule has 6 nitrogen and oxygen atoms in total. The maximum absolute atomic E-state index is 13.5. The standard InChI is InChI=1S/C24H28N4O2S/c29-24(28-14-16-30-17-15-28)23(19-6-2-1-3-7-19)27-12-10-26(11-13-27)18-22-25-20-8-4-5-9-21(20)31-22/h1-9,23H,10-18H2/t23-/m1/s1. The second kappa shape index (κ2) is 9.44. The number of hydrogen-bond donors (Lipinski definition) is 0. The Bertz CT molecular complexity index is 978. The van der Waals surface area contributed by atoms with Crippen LogP contribution in [0.2, 0.25) is 0 Å². The highest BCUT2D eigenvalue weighted by molar-refractivity contribution is 7.18. The van der Waals surface area contributed by atoms with Gasteiger partial charge in [0.15, 0.2) is 0 Å². The van der Waals surface area contributed by atoms with Crippen molar-refractivity contribution in [3.05, 3.63) is 65.2 Å². The lowest BCUT2D eigenvalue weighted by Gasteiger charge is -2.40. The SMILES string of the molecule is O=C([C@@H](c1ccccc1)N1CCN(Cc2nc3ccccc3s2)CC1)N1CCOCC1. The molecule has 2 fully saturated rings. The summed E-state index contributed by atoms with van der Waals surface area (Å²) in [6.45, 7) is 7.12. The highest BCUT2D eigenvalue weighted by atomic mass is 32.1. The number of aromatic nitrogens is 1. The zero-order valence-electron chi connectivity index (χ0n) is 17.7. The molecule has 3 aromatic rings. The predicted molar refractivity (Wildman–Crippen MR) is 123 cm³/mol. The fourth-order valence-electron chi connectivity index (χ4n) is 4.46. The maximum atomic E-state index is 13.5. The van der Waals surface area contributed by atoms with E-state index in [1.807, 2.05) is 29.2 Å². The van der Waals surface area contributed by atoms with Crippen LogP contribution < -0.4 is 0 Å². The van der Waals surface area contributed by atoms with Crippen molar-refractivity contribution in [3.8, 4) is 0 Å². The van der Waals surface area contributed by atoms with Gasteiger partial charge < -0.3 is 9.64 Å². The van der Waals surface area contributed by atoms with Crippen molar-refractivity contribution in [1.82, 2.24) is 19.7 Å². The Balaban J connectivity index is 1.27. The highest BCUT2D eigenvalue weighted by Gasteiger charge is 2.34. The Morgan fingerprint density at radius 2 is 1.65 bits per heavy atom. The number of nitrogens with zero attached hydrogens (tertiary/aromatic N) is 4. The Kier molecular flexibility index (Phi) is 6.27. The van der Waals surface area contributed by atoms with Crippen molar-refractivity contribution < 1.29 is 9.53 Å². The van der Waals surface area contributed by atoms with Crippen LogP contribution in [0.4, 0.5) is 0 Å². The van der Waals surface area contributed by atoms with E-state index in [2.05, 4.69) is 40.1 Å². The Morgan fingerprint density at radius 3 is 2.39 bits per heavy atom. The topological polar surface area (TPSA) is 48.9 Å². The number of rotatable bonds is 5. The zero-order chi connectivity index (χ0) is 21.0. The quantitative estimate of drug-likeness (QED) is 0.615. The van der Waals surface area contributed by atoms with Crippen LogP contribution in [0, 0.1) is 0 Å². The van der Waals surface area contributed by atoms with Crippen LogP contribution >= 0.6 is 11.3 Å². The molecule has 162 valence electrons. The van der Waals surface area contributed by atoms with Crippen LogP contribution in [-0.2, 0) is 16.1 Å². The third kappa shape index (κ3) is 4.65. The number of carbonyl (C=O) groups is 1. The molecular weight excluding hydrogens is 408 g/mol. The van der Waals surface area contributed by atoms with Gasteiger partial charge in [0, 0.05) is 39.3 Å². The van der Waals surface area contributed by atoms with E-state index in [0.29, 0.717) is 26.3 Å². The van der Waals surface area contributed by atoms with Crippen molar-refractivity contribution in [3.63, 3.8) is 0 Å². The second-order valence-electron chi connectivity index (χ2n) is 8.14. The van der Waals surface area contributed by atoms with Crippen LogP contribution in [0.5, 0.6) is 0 Å². The number of thiazole rings is 1. The summed E-state index contributed by atoms with van der Waals surface area (Å²) in [5, 5.41) is 1.17. The van der Waals surface area contributed by atoms with Crippen molar-refractivity contribution in [2.45, 2.75) is 12.6 Å². The second-order valence-corrected chi connectivity index (χ2v) is 9.25. The van der Waals surface area contributed by atoms with Gasteiger partial charge in [-0.3, -0.25) is 14.6 Å². The van der Waals surface area contributed by atoms with E-state index in [9.17, 15) is 4.79 Å². The third-order valence-electron chi connectivity index (χ3n) is 6.14. The number of benzene rings is 2. The van der Waals surface area contributed by atoms with Gasteiger partial charge in [0.2, 0.25) is 5.91 Å². The predicted octanol–water partition coefficient (Wildman–Crippen LogP) is 3.01. The first-order valence-corrected chi connectivity index (χ1v) is 11.8. The number of piperazine rings is 1. The summed E-state index contributed by atoms with van der Waals surface area (Å²) in [5.41, 5.74) is 2.17. The van der Waals surface area contributed by atoms with Crippen LogP contribution in [0.3, 0.4) is 0 Å². The van der Waals surface area contributed by atoms with Gasteiger partial charge in [-0.05, 0) is 17.7 Å². The molecule has 1 aromatic heterocycles. The average Bonchev–Trinajstić information content (AvgIpc) is 3.24. The summed E-state index contributed by atoms with van der Waals surface area (Å²) < 4.78 is 6.70. The van der Waals surface area contributed by atoms with E-state index in [1.165, 1.54) is 9.71 Å². The summed E-state index contributed by atoms with van der Waals surface area (Å²) >= 11 is 1.78. The number of morpholine rings is 1. The first kappa shape index (κ1) is 20.6. The monoisotopic (exact) mass is 436 g/mol. The summed E-state index contributed by atoms with van der Waals surface area (Å²) in [6.07, 6.45) is 0. The third-order valence-corrected chi connectivity index (χ3v) is 7.16. The number of amides is 1. The number of para-hydroxylation sites is 1. The lowest BCUT2D eigenvalue weighted by molar-refractivity contribution is -0.142. The summed E-state index contributed by atoms with van der Waals surface area (Å²) in [5.74, 6) is 0.203. The molecule has 1 atom stereocenters. The molecule has 0 spiro atoms. The first-order chi connectivity index (χ1) is 15.3. The molecule has 0 unspecified atom stereocenters. The average molecular weight is 437 g/mol. The molecule has 0 aliphatic carbocycles. The van der Waals surface area contributed by atoms with Crippen LogP contribution in [0.1, 0.15) is 16.6 Å². The van der Waals surface area contributed by atoms with E-state index in [-0.39, 0.29) is 11.9 Å². The molecule has 0 radical (unpaired) electrons. The highest BCUT2D eigenvalue weighted by Crippen LogP contribution is 2.27. The minimum atomic E-state index is -0.219. The van der Waals surface area contributed by atoms with Gasteiger partial charge in [0.25, 0.3) is 0 Å². The molecule has 2 saturated heterocycles. The molecule has 0 saturated carbocycles. The number of ether oxygens (including phenoxy) is 1. The zero-order valence-corrected chi connectivity index (χ0v) is 18.5. The fraction of sp³-hybridized carbons (Fsp3) is 0.417. The van der Waals surface area contributed by atoms with Crippen molar-refractivity contribution in [1.29, 1.82) is 0 Å². The number of hydrogen-bond acceptors (Lipinski definition) is 6. The van der Waals surface area contributed by atoms with E-state index in [4.69, 9.17) is 9.72 Å². The normalized spacial score (nSPS) is 19.5. The smallest absolute Gasteiger partial charge is 0.244 e. The minimum Gasteiger partial charge on any atom is -0.378 e. The Labute approximate surface area is 187 Å². The van der Waals surface area contributed by atoms with Gasteiger partial charge in [-0.25, -0.2) is 4.98 Å². The molecule has 5 rings (SSSR count). The van der Waals surface area contributed by atoms with Crippen molar-refractivity contribution in [2.75, 3.05) is 52.5 Å². The Morgan fingerprint density at radius 1 is 0.935 bits per heavy atom. The lowest BCUT2D eigenvalue weighted by Crippen LogP contribution is -2.52. The maximum Gasteiger partial charge on any atom is 0.244 e. The van der Waals surface area contributed by atoms with Gasteiger partial charge in [0.05, 0.1) is 30.0 Å². The first-order valence-electron chi connectivity index (χ1n) is 11.0. The molecule has 0 N–H and O–H groups in total. The van der Waals surface area contributed by atoms with Crippen molar-refractivity contribution >= 4 is 27.5 Å². The summed E-state index contributed by atoms with van der Waals surface area (Å²) in [6, 6.07) is 18.3. The van der Waals surface area contributed by atoms with Gasteiger partial charge in [-0.2, -0.15) is 0 Å². The molecule has 0 bridgehead atoms. The molecule has 2 aliphatic rings. The fourth-order valence-corrected chi connectivity index (χ4v) is 5.47. The molecule has 3 heterocycles. The summed E-state index contributed by atoms with van der Waals surface area (Å²) in [4.78, 5) is 25.0. The van der Waals surface area contributed by atoms with Crippen molar-refractivity contribution in [2.24, 2.45) is 0 Å². The van der Waals surface area contributed by atoms with E-state index >= 15 is 0 Å². The van der Waals surface area contributed by atoms with Crippen LogP contribution in [-0.4, -0.2) is 78.1 Å². The molecular formula is C24H28N4O2S. The number of fused-ring (bicyclic) bond motifs is 1. The van der Waals surface area contributed by atoms with Gasteiger partial charge >= 0.3 is 0 Å². The number of carbonyl (C=O) groups excluding carboxylic acids is 1. The minimum absolute atomic E-state index is 0.203. The molecule has 31 heavy (non-hydrogen) atoms. The van der Waals surface area contributed by atoms with E-state index in [0.717, 1.165) is 43.8 Å². The van der Waals surface area contributed by atoms with E-state index in [1.54, 1.807) is 11.3 Å².